The number of fused-ring (bicyclic) bond motifs is 3. The van der Waals surface area contributed by atoms with Gasteiger partial charge in [0, 0.05) is 30.0 Å². The van der Waals surface area contributed by atoms with Crippen LogP contribution in [0.2, 0.25) is 0 Å². The van der Waals surface area contributed by atoms with E-state index >= 15 is 0 Å². The minimum Gasteiger partial charge on any atom is -0.293 e. The largest absolute Gasteiger partial charge is 0.293 e. The summed E-state index contributed by atoms with van der Waals surface area (Å²) in [7, 11) is 0. The van der Waals surface area contributed by atoms with Crippen molar-refractivity contribution in [2.75, 3.05) is 6.54 Å². The summed E-state index contributed by atoms with van der Waals surface area (Å²) in [5.74, 6) is 4.44. The van der Waals surface area contributed by atoms with E-state index in [0.717, 1.165) is 35.6 Å². The van der Waals surface area contributed by atoms with Gasteiger partial charge in [0.25, 0.3) is 0 Å². The van der Waals surface area contributed by atoms with Crippen LogP contribution in [0.15, 0.2) is 22.3 Å². The molecule has 132 valence electrons. The van der Waals surface area contributed by atoms with Gasteiger partial charge < -0.3 is 0 Å². The SMILES string of the molecule is CCC1=C2CC3C(C4=C(C(C)CC4)C2CC)C3(N2CC(C)C2C)C1. The lowest BCUT2D eigenvalue weighted by Crippen LogP contribution is -2.61. The molecule has 0 aromatic heterocycles. The molecule has 1 aliphatic heterocycles. The van der Waals surface area contributed by atoms with Crippen molar-refractivity contribution in [1.82, 2.24) is 4.90 Å². The third-order valence-electron chi connectivity index (χ3n) is 8.95. The fourth-order valence-electron chi connectivity index (χ4n) is 7.55. The molecule has 1 nitrogen and oxygen atoms in total. The van der Waals surface area contributed by atoms with E-state index in [1.54, 1.807) is 0 Å². The molecule has 0 spiro atoms. The third kappa shape index (κ3) is 1.66. The van der Waals surface area contributed by atoms with Gasteiger partial charge in [0.2, 0.25) is 0 Å². The van der Waals surface area contributed by atoms with Gasteiger partial charge in [-0.1, -0.05) is 50.0 Å². The zero-order chi connectivity index (χ0) is 16.8. The van der Waals surface area contributed by atoms with Gasteiger partial charge in [-0.15, -0.1) is 0 Å². The van der Waals surface area contributed by atoms with Crippen LogP contribution in [0.5, 0.6) is 0 Å². The first-order chi connectivity index (χ1) is 11.5. The van der Waals surface area contributed by atoms with Crippen molar-refractivity contribution in [2.45, 2.75) is 84.7 Å². The van der Waals surface area contributed by atoms with E-state index in [4.69, 9.17) is 0 Å². The number of allylic oxidation sites excluding steroid dienone is 2. The van der Waals surface area contributed by atoms with Crippen molar-refractivity contribution < 1.29 is 0 Å². The Morgan fingerprint density at radius 2 is 1.92 bits per heavy atom. The minimum absolute atomic E-state index is 0.546. The molecule has 1 heterocycles. The summed E-state index contributed by atoms with van der Waals surface area (Å²) >= 11 is 0. The van der Waals surface area contributed by atoms with E-state index in [2.05, 4.69) is 39.5 Å². The number of rotatable bonds is 3. The minimum atomic E-state index is 0.546. The summed E-state index contributed by atoms with van der Waals surface area (Å²) in [6, 6.07) is 0.807. The molecule has 1 saturated carbocycles. The molecule has 7 atom stereocenters. The van der Waals surface area contributed by atoms with Crippen molar-refractivity contribution in [2.24, 2.45) is 29.6 Å². The van der Waals surface area contributed by atoms with E-state index in [0.29, 0.717) is 5.54 Å². The summed E-state index contributed by atoms with van der Waals surface area (Å²) in [5.41, 5.74) is 8.19. The van der Waals surface area contributed by atoms with Crippen molar-refractivity contribution in [3.05, 3.63) is 22.3 Å². The lowest BCUT2D eigenvalue weighted by Gasteiger charge is -2.53. The maximum atomic E-state index is 2.96. The summed E-state index contributed by atoms with van der Waals surface area (Å²) in [6.45, 7) is 13.7. The van der Waals surface area contributed by atoms with Gasteiger partial charge in [-0.25, -0.2) is 0 Å². The van der Waals surface area contributed by atoms with Gasteiger partial charge >= 0.3 is 0 Å². The zero-order valence-electron chi connectivity index (χ0n) is 16.4. The number of hydrogen-bond donors (Lipinski definition) is 0. The molecule has 0 radical (unpaired) electrons. The van der Waals surface area contributed by atoms with Crippen LogP contribution in [0.4, 0.5) is 0 Å². The van der Waals surface area contributed by atoms with Gasteiger partial charge in [0.15, 0.2) is 0 Å². The smallest absolute Gasteiger partial charge is 0.0356 e. The highest BCUT2D eigenvalue weighted by Gasteiger charge is 2.73. The fraction of sp³-hybridized carbons (Fsp3) is 0.826. The Kier molecular flexibility index (Phi) is 3.26. The van der Waals surface area contributed by atoms with E-state index < -0.39 is 0 Å². The normalized spacial score (nSPS) is 49.9. The predicted molar refractivity (Wildman–Crippen MR) is 101 cm³/mol. The van der Waals surface area contributed by atoms with Crippen LogP contribution in [0.3, 0.4) is 0 Å². The highest BCUT2D eigenvalue weighted by atomic mass is 15.3. The van der Waals surface area contributed by atoms with Crippen molar-refractivity contribution in [3.63, 3.8) is 0 Å². The second-order valence-electron chi connectivity index (χ2n) is 9.69. The Hall–Kier alpha value is -0.560. The zero-order valence-corrected chi connectivity index (χ0v) is 16.4. The maximum absolute atomic E-state index is 2.96. The van der Waals surface area contributed by atoms with Crippen LogP contribution in [0.1, 0.15) is 73.1 Å². The molecule has 0 aromatic carbocycles. The fourth-order valence-corrected chi connectivity index (χ4v) is 7.55. The molecule has 1 heteroatoms. The molecular formula is C23H35N. The molecular weight excluding hydrogens is 290 g/mol. The van der Waals surface area contributed by atoms with Gasteiger partial charge in [-0.2, -0.15) is 0 Å². The number of hydrogen-bond acceptors (Lipinski definition) is 1. The standard InChI is InChI=1S/C23H35N/c1-6-16-11-23(24-12-14(4)15(24)5)20-10-19(16)17(7-2)21-13(3)8-9-18(21)22(20)23/h13-15,17,20,22H,6-12H2,1-5H3. The Balaban J connectivity index is 1.64. The molecule has 5 rings (SSSR count). The van der Waals surface area contributed by atoms with Crippen LogP contribution >= 0.6 is 0 Å². The first-order valence-corrected chi connectivity index (χ1v) is 10.7. The van der Waals surface area contributed by atoms with Crippen LogP contribution in [-0.2, 0) is 0 Å². The Bertz CT molecular complexity index is 640. The van der Waals surface area contributed by atoms with Gasteiger partial charge in [0.1, 0.15) is 0 Å². The quantitative estimate of drug-likeness (QED) is 0.612. The number of nitrogens with zero attached hydrogens (tertiary/aromatic N) is 1. The number of likely N-dealkylation sites (tertiary alicyclic amines) is 1. The van der Waals surface area contributed by atoms with Crippen molar-refractivity contribution in [3.8, 4) is 0 Å². The molecule has 7 unspecified atom stereocenters. The molecule has 0 amide bonds. The Morgan fingerprint density at radius 1 is 1.12 bits per heavy atom. The lowest BCUT2D eigenvalue weighted by molar-refractivity contribution is -0.0286. The topological polar surface area (TPSA) is 3.24 Å². The predicted octanol–water partition coefficient (Wildman–Crippen LogP) is 5.58. The van der Waals surface area contributed by atoms with Crippen LogP contribution in [0.25, 0.3) is 0 Å². The molecule has 2 fully saturated rings. The van der Waals surface area contributed by atoms with Crippen molar-refractivity contribution >= 4 is 0 Å². The molecule has 4 aliphatic carbocycles. The average Bonchev–Trinajstić information content (AvgIpc) is 3.13. The molecule has 24 heavy (non-hydrogen) atoms. The lowest BCUT2D eigenvalue weighted by atomic mass is 9.72. The average molecular weight is 326 g/mol. The van der Waals surface area contributed by atoms with Gasteiger partial charge in [-0.05, 0) is 63.2 Å². The van der Waals surface area contributed by atoms with Crippen LogP contribution in [-0.4, -0.2) is 23.0 Å². The monoisotopic (exact) mass is 325 g/mol. The Labute approximate surface area is 148 Å². The molecule has 5 aliphatic rings. The first kappa shape index (κ1) is 15.7. The van der Waals surface area contributed by atoms with Crippen LogP contribution < -0.4 is 0 Å². The molecule has 1 saturated heterocycles. The van der Waals surface area contributed by atoms with E-state index in [9.17, 15) is 0 Å². The van der Waals surface area contributed by atoms with Crippen LogP contribution in [0, 0.1) is 29.6 Å². The molecule has 0 aromatic rings. The highest BCUT2D eigenvalue weighted by molar-refractivity contribution is 5.51. The highest BCUT2D eigenvalue weighted by Crippen LogP contribution is 2.73. The second-order valence-corrected chi connectivity index (χ2v) is 9.69. The summed E-state index contributed by atoms with van der Waals surface area (Å²) in [6.07, 6.45) is 8.33. The maximum Gasteiger partial charge on any atom is 0.0356 e. The van der Waals surface area contributed by atoms with Crippen molar-refractivity contribution in [1.29, 1.82) is 0 Å². The summed E-state index contributed by atoms with van der Waals surface area (Å²) < 4.78 is 0. The molecule has 2 bridgehead atoms. The third-order valence-corrected chi connectivity index (χ3v) is 8.95. The van der Waals surface area contributed by atoms with E-state index in [1.807, 2.05) is 22.3 Å². The van der Waals surface area contributed by atoms with Gasteiger partial charge in [0.05, 0.1) is 0 Å². The summed E-state index contributed by atoms with van der Waals surface area (Å²) in [5, 5.41) is 0. The molecule has 0 N–H and O–H groups in total. The second kappa shape index (κ2) is 5.00. The van der Waals surface area contributed by atoms with E-state index in [1.165, 1.54) is 45.1 Å². The van der Waals surface area contributed by atoms with E-state index in [-0.39, 0.29) is 0 Å². The van der Waals surface area contributed by atoms with Gasteiger partial charge in [-0.3, -0.25) is 4.90 Å². The summed E-state index contributed by atoms with van der Waals surface area (Å²) in [4.78, 5) is 2.96. The first-order valence-electron chi connectivity index (χ1n) is 10.7. The Morgan fingerprint density at radius 3 is 2.54 bits per heavy atom.